The molecule has 1 fully saturated rings. The van der Waals surface area contributed by atoms with E-state index >= 15 is 0 Å². The highest BCUT2D eigenvalue weighted by molar-refractivity contribution is 9.10. The molecule has 0 unspecified atom stereocenters. The Balaban J connectivity index is 1.55. The average molecular weight is 384 g/mol. The van der Waals surface area contributed by atoms with Gasteiger partial charge in [0.05, 0.1) is 11.6 Å². The van der Waals surface area contributed by atoms with Crippen LogP contribution >= 0.6 is 15.9 Å². The van der Waals surface area contributed by atoms with Gasteiger partial charge in [-0.1, -0.05) is 15.9 Å². The number of nitrogens with zero attached hydrogens (tertiary/aromatic N) is 3. The van der Waals surface area contributed by atoms with Gasteiger partial charge in [0, 0.05) is 40.7 Å². The van der Waals surface area contributed by atoms with Gasteiger partial charge in [-0.25, -0.2) is 0 Å². The van der Waals surface area contributed by atoms with E-state index in [9.17, 15) is 0 Å². The van der Waals surface area contributed by atoms with Crippen molar-refractivity contribution in [2.24, 2.45) is 0 Å². The monoisotopic (exact) mass is 383 g/mol. The molecule has 4 rings (SSSR count). The zero-order valence-corrected chi connectivity index (χ0v) is 14.8. The van der Waals surface area contributed by atoms with Crippen molar-refractivity contribution >= 4 is 32.5 Å². The smallest absolute Gasteiger partial charge is 0.119 e. The number of hydrogen-bond donors (Lipinski definition) is 0. The fourth-order valence-electron chi connectivity index (χ4n) is 3.27. The summed E-state index contributed by atoms with van der Waals surface area (Å²) in [5.74, 6) is 0.909. The van der Waals surface area contributed by atoms with Crippen LogP contribution in [0.15, 0.2) is 59.5 Å². The van der Waals surface area contributed by atoms with Gasteiger partial charge in [-0.05, 0) is 49.2 Å². The van der Waals surface area contributed by atoms with Crippen LogP contribution in [0.1, 0.15) is 12.8 Å². The van der Waals surface area contributed by atoms with E-state index in [2.05, 4.69) is 36.9 Å². The molecule has 2 aromatic heterocycles. The molecule has 5 heteroatoms. The number of anilines is 1. The number of ether oxygens (including phenoxy) is 1. The van der Waals surface area contributed by atoms with Crippen molar-refractivity contribution in [1.82, 2.24) is 9.97 Å². The predicted octanol–water partition coefficient (Wildman–Crippen LogP) is 4.44. The summed E-state index contributed by atoms with van der Waals surface area (Å²) in [4.78, 5) is 11.1. The third-order valence-electron chi connectivity index (χ3n) is 4.46. The van der Waals surface area contributed by atoms with E-state index in [1.54, 1.807) is 6.20 Å². The molecule has 1 saturated heterocycles. The van der Waals surface area contributed by atoms with Gasteiger partial charge >= 0.3 is 0 Å². The molecule has 24 heavy (non-hydrogen) atoms. The summed E-state index contributed by atoms with van der Waals surface area (Å²) >= 11 is 3.45. The number of rotatable bonds is 4. The molecule has 0 spiro atoms. The quantitative estimate of drug-likeness (QED) is 0.667. The minimum Gasteiger partial charge on any atom is -0.491 e. The van der Waals surface area contributed by atoms with Crippen molar-refractivity contribution in [2.45, 2.75) is 18.9 Å². The lowest BCUT2D eigenvalue weighted by molar-refractivity contribution is 0.288. The van der Waals surface area contributed by atoms with Crippen molar-refractivity contribution in [3.8, 4) is 5.75 Å². The van der Waals surface area contributed by atoms with Crippen molar-refractivity contribution in [3.63, 3.8) is 0 Å². The lowest BCUT2D eigenvalue weighted by Crippen LogP contribution is -2.34. The topological polar surface area (TPSA) is 38.2 Å². The van der Waals surface area contributed by atoms with Crippen molar-refractivity contribution < 1.29 is 4.74 Å². The van der Waals surface area contributed by atoms with E-state index in [1.165, 1.54) is 12.1 Å². The summed E-state index contributed by atoms with van der Waals surface area (Å²) in [6, 6.07) is 12.4. The van der Waals surface area contributed by atoms with Gasteiger partial charge in [-0.2, -0.15) is 0 Å². The lowest BCUT2D eigenvalue weighted by Gasteiger charge is -2.27. The summed E-state index contributed by atoms with van der Waals surface area (Å²) in [5.41, 5.74) is 2.19. The first-order valence-electron chi connectivity index (χ1n) is 8.15. The Labute approximate surface area is 149 Å². The van der Waals surface area contributed by atoms with Crippen LogP contribution in [0.2, 0.25) is 0 Å². The van der Waals surface area contributed by atoms with Crippen LogP contribution in [0.4, 0.5) is 5.69 Å². The molecule has 122 valence electrons. The number of hydrogen-bond acceptors (Lipinski definition) is 4. The summed E-state index contributed by atoms with van der Waals surface area (Å²) in [5, 5.41) is 1.11. The summed E-state index contributed by atoms with van der Waals surface area (Å²) in [6.45, 7) is 1.73. The van der Waals surface area contributed by atoms with Crippen LogP contribution in [0, 0.1) is 0 Å². The second-order valence-corrected chi connectivity index (χ2v) is 6.89. The molecule has 0 bridgehead atoms. The zero-order valence-electron chi connectivity index (χ0n) is 13.2. The van der Waals surface area contributed by atoms with E-state index in [-0.39, 0.29) is 0 Å². The number of fused-ring (bicyclic) bond motifs is 1. The minimum absolute atomic E-state index is 0.374. The Morgan fingerprint density at radius 2 is 2.00 bits per heavy atom. The highest BCUT2D eigenvalue weighted by Crippen LogP contribution is 2.31. The van der Waals surface area contributed by atoms with Crippen LogP contribution in [0.25, 0.3) is 10.9 Å². The largest absolute Gasteiger partial charge is 0.491 e. The fraction of sp³-hybridized carbons (Fsp3) is 0.263. The number of pyridine rings is 2. The van der Waals surface area contributed by atoms with Crippen molar-refractivity contribution in [1.29, 1.82) is 0 Å². The van der Waals surface area contributed by atoms with Gasteiger partial charge in [-0.3, -0.25) is 9.97 Å². The standard InChI is InChI=1S/C19H18BrN3O/c20-14-3-5-16(6-4-14)24-13-15-2-1-11-23(15)19-8-10-22-18-7-9-21-12-17(18)19/h3-10,12,15H,1-2,11,13H2/t15-/m0/s1. The van der Waals surface area contributed by atoms with E-state index in [4.69, 9.17) is 4.74 Å². The van der Waals surface area contributed by atoms with Gasteiger partial charge in [0.15, 0.2) is 0 Å². The molecule has 1 aromatic carbocycles. The Hall–Kier alpha value is -2.14. The first-order chi connectivity index (χ1) is 11.8. The highest BCUT2D eigenvalue weighted by atomic mass is 79.9. The number of benzene rings is 1. The molecular weight excluding hydrogens is 366 g/mol. The number of halogens is 1. The minimum atomic E-state index is 0.374. The van der Waals surface area contributed by atoms with Crippen LogP contribution in [-0.2, 0) is 0 Å². The van der Waals surface area contributed by atoms with Crippen molar-refractivity contribution in [3.05, 3.63) is 59.5 Å². The third kappa shape index (κ3) is 3.08. The molecule has 3 aromatic rings. The van der Waals surface area contributed by atoms with Gasteiger partial charge in [0.1, 0.15) is 12.4 Å². The van der Waals surface area contributed by atoms with Crippen LogP contribution < -0.4 is 9.64 Å². The molecular formula is C19H18BrN3O. The summed E-state index contributed by atoms with van der Waals surface area (Å²) in [7, 11) is 0. The lowest BCUT2D eigenvalue weighted by atomic mass is 10.2. The zero-order chi connectivity index (χ0) is 16.4. The molecule has 1 aliphatic rings. The normalized spacial score (nSPS) is 17.4. The molecule has 0 amide bonds. The number of aromatic nitrogens is 2. The van der Waals surface area contributed by atoms with Gasteiger partial charge < -0.3 is 9.64 Å². The predicted molar refractivity (Wildman–Crippen MR) is 99.5 cm³/mol. The Bertz CT molecular complexity index is 832. The molecule has 0 aliphatic carbocycles. The molecule has 0 saturated carbocycles. The Morgan fingerprint density at radius 1 is 1.12 bits per heavy atom. The maximum Gasteiger partial charge on any atom is 0.119 e. The molecule has 0 radical (unpaired) electrons. The fourth-order valence-corrected chi connectivity index (χ4v) is 3.54. The van der Waals surface area contributed by atoms with Crippen LogP contribution in [0.3, 0.4) is 0 Å². The molecule has 0 N–H and O–H groups in total. The molecule has 4 nitrogen and oxygen atoms in total. The van der Waals surface area contributed by atoms with Crippen LogP contribution in [-0.4, -0.2) is 29.2 Å². The average Bonchev–Trinajstić information content (AvgIpc) is 3.09. The Kier molecular flexibility index (Phi) is 4.34. The van der Waals surface area contributed by atoms with Gasteiger partial charge in [0.25, 0.3) is 0 Å². The highest BCUT2D eigenvalue weighted by Gasteiger charge is 2.26. The van der Waals surface area contributed by atoms with E-state index in [0.29, 0.717) is 12.6 Å². The first-order valence-corrected chi connectivity index (χ1v) is 8.94. The van der Waals surface area contributed by atoms with E-state index in [1.807, 2.05) is 42.7 Å². The second kappa shape index (κ2) is 6.77. The molecule has 1 aliphatic heterocycles. The van der Waals surface area contributed by atoms with E-state index in [0.717, 1.165) is 34.1 Å². The van der Waals surface area contributed by atoms with E-state index < -0.39 is 0 Å². The SMILES string of the molecule is Brc1ccc(OC[C@@H]2CCCN2c2ccnc3ccncc23)cc1. The maximum absolute atomic E-state index is 6.01. The maximum atomic E-state index is 6.01. The molecule has 3 heterocycles. The summed E-state index contributed by atoms with van der Waals surface area (Å²) in [6.07, 6.45) is 7.89. The van der Waals surface area contributed by atoms with Crippen molar-refractivity contribution in [2.75, 3.05) is 18.1 Å². The summed E-state index contributed by atoms with van der Waals surface area (Å²) < 4.78 is 7.08. The molecule has 1 atom stereocenters. The Morgan fingerprint density at radius 3 is 2.88 bits per heavy atom. The van der Waals surface area contributed by atoms with Crippen LogP contribution in [0.5, 0.6) is 5.75 Å². The van der Waals surface area contributed by atoms with Gasteiger partial charge in [0.2, 0.25) is 0 Å². The van der Waals surface area contributed by atoms with Gasteiger partial charge in [-0.15, -0.1) is 0 Å². The third-order valence-corrected chi connectivity index (χ3v) is 4.99. The first kappa shape index (κ1) is 15.4. The second-order valence-electron chi connectivity index (χ2n) is 5.98.